The number of hydrogen-bond donors (Lipinski definition) is 5. The fourth-order valence-corrected chi connectivity index (χ4v) is 16.0. The molecular weight excluding hydrogens is 630 g/mol. The second-order valence-electron chi connectivity index (χ2n) is 19.5. The highest BCUT2D eigenvalue weighted by Crippen LogP contribution is 2.78. The maximum Gasteiger partial charge on any atom is 0.331 e. The average molecular weight is 692 g/mol. The van der Waals surface area contributed by atoms with Crippen LogP contribution in [-0.2, 0) is 14.3 Å². The Morgan fingerprint density at radius 2 is 1.74 bits per heavy atom. The summed E-state index contributed by atoms with van der Waals surface area (Å²) in [5.41, 5.74) is -5.21. The summed E-state index contributed by atoms with van der Waals surface area (Å²) in [5.74, 6) is -0.657. The minimum atomic E-state index is -1.62. The topological polar surface area (TPSA) is 136 Å². The van der Waals surface area contributed by atoms with Crippen LogP contribution in [0.3, 0.4) is 0 Å². The smallest absolute Gasteiger partial charge is 0.331 e. The molecule has 1 aliphatic heterocycles. The predicted molar refractivity (Wildman–Crippen MR) is 187 cm³/mol. The van der Waals surface area contributed by atoms with Crippen molar-refractivity contribution in [2.45, 2.75) is 146 Å². The number of likely N-dealkylation sites (N-methyl/N-ethyl adjacent to an activating group) is 1. The van der Waals surface area contributed by atoms with E-state index < -0.39 is 63.0 Å². The van der Waals surface area contributed by atoms with Crippen LogP contribution >= 0.6 is 0 Å². The third kappa shape index (κ3) is 4.02. The third-order valence-corrected chi connectivity index (χ3v) is 18.1. The monoisotopic (exact) mass is 691 g/mol. The van der Waals surface area contributed by atoms with E-state index in [0.717, 1.165) is 49.5 Å². The van der Waals surface area contributed by atoms with Gasteiger partial charge in [0, 0.05) is 29.9 Å². The van der Waals surface area contributed by atoms with Crippen LogP contribution in [0.5, 0.6) is 0 Å². The summed E-state index contributed by atoms with van der Waals surface area (Å²) in [6.07, 6.45) is 16.8. The lowest BCUT2D eigenvalue weighted by molar-refractivity contribution is -0.352. The minimum absolute atomic E-state index is 0.0903. The van der Waals surface area contributed by atoms with Gasteiger partial charge in [0.2, 0.25) is 0 Å². The molecule has 0 aromatic heterocycles. The molecule has 7 saturated carbocycles. The molecule has 1 spiro atoms. The minimum Gasteiger partial charge on any atom is -0.450 e. The van der Waals surface area contributed by atoms with Gasteiger partial charge in [0.05, 0.1) is 22.7 Å². The number of carbonyl (C=O) groups excluding carboxylic acids is 2. The molecule has 7 fully saturated rings. The Labute approximate surface area is 297 Å². The molecule has 0 aromatic rings. The fraction of sp³-hybridized carbons (Fsp3) is 0.857. The van der Waals surface area contributed by atoms with Crippen molar-refractivity contribution in [3.63, 3.8) is 0 Å². The number of fused-ring (bicyclic) bond motifs is 8. The fourth-order valence-electron chi connectivity index (χ4n) is 16.0. The van der Waals surface area contributed by atoms with E-state index in [1.54, 1.807) is 6.08 Å². The van der Waals surface area contributed by atoms with Gasteiger partial charge >= 0.3 is 5.97 Å². The first-order valence-corrected chi connectivity index (χ1v) is 20.4. The highest BCUT2D eigenvalue weighted by Gasteiger charge is 2.83. The summed E-state index contributed by atoms with van der Waals surface area (Å²) in [7, 11) is 1.88. The van der Waals surface area contributed by atoms with Crippen molar-refractivity contribution < 1.29 is 34.8 Å². The Bertz CT molecular complexity index is 1500. The summed E-state index contributed by atoms with van der Waals surface area (Å²) >= 11 is 0. The number of aliphatic hydroxyl groups is 4. The molecular formula is C42H61NO7. The molecule has 5 N–H and O–H groups in total. The van der Waals surface area contributed by atoms with E-state index in [0.29, 0.717) is 62.8 Å². The molecule has 14 atom stereocenters. The summed E-state index contributed by atoms with van der Waals surface area (Å²) in [5, 5.41) is 56.6. The summed E-state index contributed by atoms with van der Waals surface area (Å²) in [6.45, 7) is 5.07. The van der Waals surface area contributed by atoms with Crippen LogP contribution in [0.2, 0.25) is 0 Å². The number of aldehydes is 1. The molecule has 0 saturated heterocycles. The van der Waals surface area contributed by atoms with Crippen LogP contribution in [0.4, 0.5) is 0 Å². The molecule has 0 amide bonds. The lowest BCUT2D eigenvalue weighted by Gasteiger charge is -2.73. The molecule has 8 nitrogen and oxygen atoms in total. The zero-order valence-electron chi connectivity index (χ0n) is 30.5. The number of rotatable bonds is 5. The van der Waals surface area contributed by atoms with Crippen LogP contribution in [0, 0.1) is 63.6 Å². The normalized spacial score (nSPS) is 52.5. The number of hydrogen-bond acceptors (Lipinski definition) is 8. The van der Waals surface area contributed by atoms with Gasteiger partial charge in [-0.15, -0.1) is 0 Å². The van der Waals surface area contributed by atoms with Crippen LogP contribution in [0.15, 0.2) is 23.3 Å². The molecule has 9 aliphatic rings. The van der Waals surface area contributed by atoms with E-state index in [-0.39, 0.29) is 24.2 Å². The van der Waals surface area contributed by atoms with Crippen molar-refractivity contribution in [3.05, 3.63) is 23.3 Å². The Balaban J connectivity index is 1.19. The van der Waals surface area contributed by atoms with E-state index in [1.807, 2.05) is 7.05 Å². The lowest BCUT2D eigenvalue weighted by atomic mass is 9.34. The molecule has 276 valence electrons. The van der Waals surface area contributed by atoms with Gasteiger partial charge in [0.1, 0.15) is 18.0 Å². The van der Waals surface area contributed by atoms with Gasteiger partial charge in [-0.1, -0.05) is 58.4 Å². The van der Waals surface area contributed by atoms with Gasteiger partial charge < -0.3 is 35.3 Å². The second-order valence-corrected chi connectivity index (χ2v) is 19.5. The first kappa shape index (κ1) is 34.2. The average Bonchev–Trinajstić information content (AvgIpc) is 3.88. The first-order valence-electron chi connectivity index (χ1n) is 20.4. The molecule has 0 aromatic carbocycles. The Morgan fingerprint density at radius 3 is 2.44 bits per heavy atom. The zero-order valence-corrected chi connectivity index (χ0v) is 30.5. The molecule has 0 bridgehead atoms. The standard InChI is InChI=1S/C42H61NO7/c1-24(25-8-4-5-9-25)26-10-11-31-36(46)38(13-6-7-14-38)22-39(23-44)32-12-15-37(2)34-27(16-28(21-43-3)35-30(34)18-33(45)50-35)19-41(37,48)40(32,47)20-29(17-26)42(31,39)49/h16,18,23-27,29,31-32,34-36,43,46-49H,4-15,17,19-22H2,1-3H3/t24-,26-,27+,29-,31-,32+,34+,35-,36+,37+,39-,40-,41+,42-/m0/s1. The van der Waals surface area contributed by atoms with Gasteiger partial charge in [-0.2, -0.15) is 0 Å². The van der Waals surface area contributed by atoms with Gasteiger partial charge in [-0.3, -0.25) is 0 Å². The van der Waals surface area contributed by atoms with Crippen LogP contribution in [0.25, 0.3) is 0 Å². The van der Waals surface area contributed by atoms with E-state index >= 15 is 0 Å². The van der Waals surface area contributed by atoms with Crippen LogP contribution in [0.1, 0.15) is 117 Å². The second kappa shape index (κ2) is 11.2. The quantitative estimate of drug-likeness (QED) is 0.154. The maximum atomic E-state index is 14.2. The number of allylic oxidation sites excluding steroid dienone is 1. The van der Waals surface area contributed by atoms with Crippen molar-refractivity contribution in [2.24, 2.45) is 63.6 Å². The van der Waals surface area contributed by atoms with Crippen molar-refractivity contribution >= 4 is 12.3 Å². The number of carbonyl (C=O) groups is 2. The highest BCUT2D eigenvalue weighted by molar-refractivity contribution is 5.87. The zero-order chi connectivity index (χ0) is 35.1. The Kier molecular flexibility index (Phi) is 7.68. The van der Waals surface area contributed by atoms with Crippen molar-refractivity contribution in [3.8, 4) is 0 Å². The number of nitrogens with one attached hydrogen (secondary N) is 1. The number of esters is 1. The lowest BCUT2D eigenvalue weighted by Crippen LogP contribution is -2.82. The number of aliphatic hydroxyl groups excluding tert-OH is 1. The van der Waals surface area contributed by atoms with Crippen molar-refractivity contribution in [2.75, 3.05) is 13.6 Å². The molecule has 8 aliphatic carbocycles. The van der Waals surface area contributed by atoms with E-state index in [9.17, 15) is 30.0 Å². The first-order chi connectivity index (χ1) is 23.8. The molecule has 1 heterocycles. The SMILES string of the molecule is CNCC1=C[C@@H]2C[C@@]3(O)[C@](C)(CC[C@H]4[C@@]3(O)C[C@@H]3C[C@@H]([C@@H](C)C5CCCC5)CC[C@H]5[C@@H](O)C6(CCCC6)C[C@@]4(C=O)[C@]35O)[C@H]2C2=CC(=O)O[C@@H]12. The largest absolute Gasteiger partial charge is 0.450 e. The molecule has 9 rings (SSSR count). The Morgan fingerprint density at radius 1 is 1.00 bits per heavy atom. The van der Waals surface area contributed by atoms with Crippen molar-refractivity contribution in [1.82, 2.24) is 5.32 Å². The van der Waals surface area contributed by atoms with E-state index in [1.165, 1.54) is 25.7 Å². The van der Waals surface area contributed by atoms with Gasteiger partial charge in [0.15, 0.2) is 0 Å². The van der Waals surface area contributed by atoms with Crippen LogP contribution < -0.4 is 5.32 Å². The molecule has 8 heteroatoms. The predicted octanol–water partition coefficient (Wildman–Crippen LogP) is 5.02. The molecule has 0 unspecified atom stereocenters. The highest BCUT2D eigenvalue weighted by atomic mass is 16.5. The number of ether oxygens (including phenoxy) is 1. The third-order valence-electron chi connectivity index (χ3n) is 18.1. The maximum absolute atomic E-state index is 14.2. The Hall–Kier alpha value is -1.58. The van der Waals surface area contributed by atoms with Gasteiger partial charge in [-0.05, 0) is 123 Å². The molecule has 50 heavy (non-hydrogen) atoms. The van der Waals surface area contributed by atoms with E-state index in [2.05, 4.69) is 25.2 Å². The van der Waals surface area contributed by atoms with E-state index in [4.69, 9.17) is 4.74 Å². The summed E-state index contributed by atoms with van der Waals surface area (Å²) in [4.78, 5) is 27.0. The molecule has 0 radical (unpaired) electrons. The van der Waals surface area contributed by atoms with Gasteiger partial charge in [0.25, 0.3) is 0 Å². The van der Waals surface area contributed by atoms with Gasteiger partial charge in [-0.25, -0.2) is 4.79 Å². The summed E-state index contributed by atoms with van der Waals surface area (Å²) in [6, 6.07) is 0. The van der Waals surface area contributed by atoms with Crippen LogP contribution in [-0.4, -0.2) is 75.3 Å². The summed E-state index contributed by atoms with van der Waals surface area (Å²) < 4.78 is 5.87. The van der Waals surface area contributed by atoms with Crippen molar-refractivity contribution in [1.29, 1.82) is 0 Å².